The van der Waals surface area contributed by atoms with E-state index in [0.29, 0.717) is 24.4 Å². The van der Waals surface area contributed by atoms with Gasteiger partial charge in [-0.25, -0.2) is 8.42 Å². The van der Waals surface area contributed by atoms with Crippen molar-refractivity contribution in [3.8, 4) is 0 Å². The Kier molecular flexibility index (Phi) is 8.00. The van der Waals surface area contributed by atoms with E-state index in [9.17, 15) is 13.2 Å². The lowest BCUT2D eigenvalue weighted by Crippen LogP contribution is -2.49. The van der Waals surface area contributed by atoms with Crippen molar-refractivity contribution in [3.05, 3.63) is 53.5 Å². The molecule has 1 unspecified atom stereocenters. The van der Waals surface area contributed by atoms with E-state index in [1.807, 2.05) is 39.0 Å². The molecular weight excluding hydrogens is 396 g/mol. The van der Waals surface area contributed by atoms with Crippen LogP contribution in [0.2, 0.25) is 0 Å². The minimum atomic E-state index is -3.62. The lowest BCUT2D eigenvalue weighted by Gasteiger charge is -2.30. The van der Waals surface area contributed by atoms with Crippen molar-refractivity contribution in [2.45, 2.75) is 39.0 Å². The summed E-state index contributed by atoms with van der Waals surface area (Å²) in [7, 11) is -3.62. The zero-order chi connectivity index (χ0) is 20.7. The highest BCUT2D eigenvalue weighted by molar-refractivity contribution is 7.98. The number of anilines is 1. The molecule has 8 heteroatoms. The topological polar surface area (TPSA) is 79.6 Å². The average Bonchev–Trinajstić information content (AvgIpc) is 3.10. The van der Waals surface area contributed by atoms with Crippen LogP contribution in [-0.4, -0.2) is 38.9 Å². The number of sulfonamides is 1. The minimum absolute atomic E-state index is 0.286. The molecule has 0 saturated heterocycles. The molecule has 0 spiro atoms. The Bertz CT molecular complexity index is 859. The van der Waals surface area contributed by atoms with E-state index in [-0.39, 0.29) is 5.91 Å². The SMILES string of the molecule is CCC(C(=O)NCCSCc1ccco1)N(c1cc(C)cc(C)c1)S(C)(=O)=O. The van der Waals surface area contributed by atoms with Crippen LogP contribution in [0.3, 0.4) is 0 Å². The molecule has 1 heterocycles. The smallest absolute Gasteiger partial charge is 0.243 e. The van der Waals surface area contributed by atoms with E-state index >= 15 is 0 Å². The number of hydrogen-bond donors (Lipinski definition) is 1. The van der Waals surface area contributed by atoms with E-state index in [1.165, 1.54) is 4.31 Å². The molecule has 0 aliphatic carbocycles. The maximum absolute atomic E-state index is 12.8. The first-order valence-electron chi connectivity index (χ1n) is 9.18. The third-order valence-electron chi connectivity index (χ3n) is 4.16. The molecule has 0 aliphatic rings. The molecule has 0 saturated carbocycles. The number of rotatable bonds is 10. The van der Waals surface area contributed by atoms with E-state index in [4.69, 9.17) is 4.42 Å². The lowest BCUT2D eigenvalue weighted by atomic mass is 10.1. The summed E-state index contributed by atoms with van der Waals surface area (Å²) in [6.45, 7) is 6.10. The molecule has 2 aromatic rings. The van der Waals surface area contributed by atoms with Crippen LogP contribution >= 0.6 is 11.8 Å². The van der Waals surface area contributed by atoms with E-state index in [2.05, 4.69) is 5.32 Å². The van der Waals surface area contributed by atoms with Crippen LogP contribution in [0.4, 0.5) is 5.69 Å². The third-order valence-corrected chi connectivity index (χ3v) is 6.32. The van der Waals surface area contributed by atoms with Gasteiger partial charge in [0.2, 0.25) is 15.9 Å². The second-order valence-corrected chi connectivity index (χ2v) is 9.72. The average molecular weight is 425 g/mol. The van der Waals surface area contributed by atoms with Crippen molar-refractivity contribution in [1.82, 2.24) is 5.32 Å². The Hall–Kier alpha value is -1.93. The van der Waals surface area contributed by atoms with Gasteiger partial charge in [0.1, 0.15) is 11.8 Å². The molecule has 2 rings (SSSR count). The monoisotopic (exact) mass is 424 g/mol. The highest BCUT2D eigenvalue weighted by Gasteiger charge is 2.31. The fourth-order valence-electron chi connectivity index (χ4n) is 3.07. The van der Waals surface area contributed by atoms with Gasteiger partial charge < -0.3 is 9.73 Å². The van der Waals surface area contributed by atoms with Crippen molar-refractivity contribution >= 4 is 33.4 Å². The number of aryl methyl sites for hydroxylation is 2. The van der Waals surface area contributed by atoms with Gasteiger partial charge in [-0.3, -0.25) is 9.10 Å². The van der Waals surface area contributed by atoms with Crippen LogP contribution < -0.4 is 9.62 Å². The summed E-state index contributed by atoms with van der Waals surface area (Å²) in [6.07, 6.45) is 3.15. The molecule has 0 radical (unpaired) electrons. The van der Waals surface area contributed by atoms with Crippen LogP contribution in [-0.2, 0) is 20.6 Å². The maximum Gasteiger partial charge on any atom is 0.243 e. The second kappa shape index (κ2) is 10.0. The van der Waals surface area contributed by atoms with Gasteiger partial charge in [-0.15, -0.1) is 0 Å². The van der Waals surface area contributed by atoms with E-state index < -0.39 is 16.1 Å². The summed E-state index contributed by atoms with van der Waals surface area (Å²) < 4.78 is 31.5. The molecule has 1 N–H and O–H groups in total. The first kappa shape index (κ1) is 22.4. The lowest BCUT2D eigenvalue weighted by molar-refractivity contribution is -0.122. The van der Waals surface area contributed by atoms with Gasteiger partial charge in [-0.2, -0.15) is 11.8 Å². The van der Waals surface area contributed by atoms with E-state index in [0.717, 1.165) is 28.9 Å². The molecular formula is C20H28N2O4S2. The molecule has 0 bridgehead atoms. The molecule has 1 aromatic heterocycles. The standard InChI is InChI=1S/C20H28N2O4S2/c1-5-19(20(23)21-8-10-27-14-18-7-6-9-26-18)22(28(4,24)25)17-12-15(2)11-16(3)13-17/h6-7,9,11-13,19H,5,8,10,14H2,1-4H3,(H,21,23). The molecule has 1 amide bonds. The third kappa shape index (κ3) is 6.31. The Balaban J connectivity index is 2.04. The summed E-state index contributed by atoms with van der Waals surface area (Å²) in [5.41, 5.74) is 2.43. The normalized spacial score (nSPS) is 12.6. The zero-order valence-electron chi connectivity index (χ0n) is 16.8. The first-order valence-corrected chi connectivity index (χ1v) is 12.2. The summed E-state index contributed by atoms with van der Waals surface area (Å²) in [6, 6.07) is 8.53. The minimum Gasteiger partial charge on any atom is -0.468 e. The van der Waals surface area contributed by atoms with Gasteiger partial charge in [0, 0.05) is 12.3 Å². The molecule has 154 valence electrons. The van der Waals surface area contributed by atoms with Crippen molar-refractivity contribution in [2.24, 2.45) is 0 Å². The van der Waals surface area contributed by atoms with Gasteiger partial charge in [0.05, 0.1) is 24.0 Å². The summed E-state index contributed by atoms with van der Waals surface area (Å²) in [4.78, 5) is 12.8. The Morgan fingerprint density at radius 1 is 1.25 bits per heavy atom. The molecule has 0 aliphatic heterocycles. The number of benzene rings is 1. The van der Waals surface area contributed by atoms with Crippen LogP contribution in [0, 0.1) is 13.8 Å². The van der Waals surface area contributed by atoms with Crippen LogP contribution in [0.25, 0.3) is 0 Å². The van der Waals surface area contributed by atoms with Crippen molar-refractivity contribution < 1.29 is 17.6 Å². The summed E-state index contributed by atoms with van der Waals surface area (Å²) in [5.74, 6) is 2.05. The van der Waals surface area contributed by atoms with Gasteiger partial charge in [-0.1, -0.05) is 13.0 Å². The molecule has 1 aromatic carbocycles. The second-order valence-electron chi connectivity index (χ2n) is 6.75. The summed E-state index contributed by atoms with van der Waals surface area (Å²) in [5, 5.41) is 2.87. The first-order chi connectivity index (χ1) is 13.2. The number of thioether (sulfide) groups is 1. The fourth-order valence-corrected chi connectivity index (χ4v) is 5.02. The predicted molar refractivity (Wildman–Crippen MR) is 115 cm³/mol. The predicted octanol–water partition coefficient (Wildman–Crippen LogP) is 3.49. The fraction of sp³-hybridized carbons (Fsp3) is 0.450. The van der Waals surface area contributed by atoms with Crippen molar-refractivity contribution in [3.63, 3.8) is 0 Å². The Morgan fingerprint density at radius 3 is 2.46 bits per heavy atom. The number of nitrogens with one attached hydrogen (secondary N) is 1. The number of nitrogens with zero attached hydrogens (tertiary/aromatic N) is 1. The van der Waals surface area contributed by atoms with Crippen LogP contribution in [0.1, 0.15) is 30.2 Å². The zero-order valence-corrected chi connectivity index (χ0v) is 18.4. The molecule has 0 fully saturated rings. The number of carbonyl (C=O) groups is 1. The van der Waals surface area contributed by atoms with Crippen LogP contribution in [0.15, 0.2) is 41.0 Å². The molecule has 1 atom stereocenters. The van der Waals surface area contributed by atoms with Gasteiger partial charge in [0.15, 0.2) is 0 Å². The highest BCUT2D eigenvalue weighted by Crippen LogP contribution is 2.25. The largest absolute Gasteiger partial charge is 0.468 e. The van der Waals surface area contributed by atoms with Gasteiger partial charge in [-0.05, 0) is 55.7 Å². The number of carbonyl (C=O) groups excluding carboxylic acids is 1. The summed E-state index contributed by atoms with van der Waals surface area (Å²) >= 11 is 1.65. The van der Waals surface area contributed by atoms with Crippen LogP contribution in [0.5, 0.6) is 0 Å². The highest BCUT2D eigenvalue weighted by atomic mass is 32.2. The Morgan fingerprint density at radius 2 is 1.93 bits per heavy atom. The quantitative estimate of drug-likeness (QED) is 0.591. The van der Waals surface area contributed by atoms with Crippen molar-refractivity contribution in [2.75, 3.05) is 22.9 Å². The number of amides is 1. The van der Waals surface area contributed by atoms with Crippen molar-refractivity contribution in [1.29, 1.82) is 0 Å². The maximum atomic E-state index is 12.8. The van der Waals surface area contributed by atoms with Gasteiger partial charge >= 0.3 is 0 Å². The molecule has 6 nitrogen and oxygen atoms in total. The van der Waals surface area contributed by atoms with Gasteiger partial charge in [0.25, 0.3) is 0 Å². The van der Waals surface area contributed by atoms with E-state index in [1.54, 1.807) is 30.2 Å². The number of hydrogen-bond acceptors (Lipinski definition) is 5. The number of furan rings is 1. The molecule has 28 heavy (non-hydrogen) atoms. The Labute approximate surface area is 171 Å².